The molecule has 3 nitrogen and oxygen atoms in total. The van der Waals surface area contributed by atoms with Crippen LogP contribution in [0.1, 0.15) is 25.0 Å². The zero-order valence-corrected chi connectivity index (χ0v) is 15.7. The lowest BCUT2D eigenvalue weighted by Crippen LogP contribution is -2.50. The Labute approximate surface area is 152 Å². The minimum absolute atomic E-state index is 0. The third kappa shape index (κ3) is 4.80. The first-order valence-electron chi connectivity index (χ1n) is 7.33. The lowest BCUT2D eigenvalue weighted by molar-refractivity contribution is -0.137. The monoisotopic (exact) mass is 396 g/mol. The molecule has 2 aromatic rings. The van der Waals surface area contributed by atoms with E-state index in [9.17, 15) is 4.79 Å². The van der Waals surface area contributed by atoms with Crippen molar-refractivity contribution in [3.05, 3.63) is 70.2 Å². The molecule has 1 atom stereocenters. The van der Waals surface area contributed by atoms with E-state index in [4.69, 9.17) is 5.73 Å². The molecule has 1 amide bonds. The molecule has 0 saturated carbocycles. The van der Waals surface area contributed by atoms with Gasteiger partial charge in [-0.25, -0.2) is 0 Å². The highest BCUT2D eigenvalue weighted by Crippen LogP contribution is 2.23. The quantitative estimate of drug-likeness (QED) is 0.826. The summed E-state index contributed by atoms with van der Waals surface area (Å²) in [4.78, 5) is 14.7. The van der Waals surface area contributed by atoms with Gasteiger partial charge in [-0.3, -0.25) is 4.79 Å². The number of carbonyl (C=O) groups is 1. The van der Waals surface area contributed by atoms with Crippen molar-refractivity contribution in [3.63, 3.8) is 0 Å². The van der Waals surface area contributed by atoms with E-state index in [1.54, 1.807) is 11.8 Å². The topological polar surface area (TPSA) is 46.3 Å². The fourth-order valence-electron chi connectivity index (χ4n) is 2.38. The maximum absolute atomic E-state index is 12.9. The number of benzene rings is 2. The lowest BCUT2D eigenvalue weighted by Gasteiger charge is -2.31. The molecule has 0 aliphatic heterocycles. The fraction of sp³-hybridized carbons (Fsp3) is 0.278. The van der Waals surface area contributed by atoms with Crippen LogP contribution in [0.15, 0.2) is 59.1 Å². The van der Waals surface area contributed by atoms with Crippen LogP contribution < -0.4 is 5.73 Å². The minimum Gasteiger partial charge on any atom is -0.337 e. The summed E-state index contributed by atoms with van der Waals surface area (Å²) in [6.45, 7) is 4.93. The Hall–Kier alpha value is -1.36. The molecule has 124 valence electrons. The van der Waals surface area contributed by atoms with E-state index in [0.717, 1.165) is 15.6 Å². The zero-order chi connectivity index (χ0) is 16.2. The van der Waals surface area contributed by atoms with Gasteiger partial charge in [-0.2, -0.15) is 0 Å². The molecule has 0 radical (unpaired) electrons. The highest BCUT2D eigenvalue weighted by molar-refractivity contribution is 9.10. The number of likely N-dealkylation sites (N-methyl/N-ethyl adjacent to an activating group) is 1. The molecular formula is C18H22BrClN2O. The summed E-state index contributed by atoms with van der Waals surface area (Å²) in [7, 11) is 0. The number of nitrogens with two attached hydrogens (primary N) is 1. The van der Waals surface area contributed by atoms with E-state index in [-0.39, 0.29) is 18.3 Å². The smallest absolute Gasteiger partial charge is 0.247 e. The Morgan fingerprint density at radius 2 is 1.70 bits per heavy atom. The van der Waals surface area contributed by atoms with E-state index in [2.05, 4.69) is 15.9 Å². The molecule has 2 aromatic carbocycles. The van der Waals surface area contributed by atoms with Crippen molar-refractivity contribution in [2.24, 2.45) is 5.73 Å². The van der Waals surface area contributed by atoms with Crippen LogP contribution in [0.25, 0.3) is 0 Å². The van der Waals surface area contributed by atoms with Crippen molar-refractivity contribution in [2.45, 2.75) is 25.9 Å². The molecular weight excluding hydrogens is 376 g/mol. The predicted octanol–water partition coefficient (Wildman–Crippen LogP) is 4.09. The Kier molecular flexibility index (Phi) is 7.26. The maximum Gasteiger partial charge on any atom is 0.247 e. The summed E-state index contributed by atoms with van der Waals surface area (Å²) < 4.78 is 0.969. The van der Waals surface area contributed by atoms with Gasteiger partial charge in [-0.15, -0.1) is 12.4 Å². The van der Waals surface area contributed by atoms with Gasteiger partial charge in [0, 0.05) is 17.6 Å². The molecule has 0 spiro atoms. The van der Waals surface area contributed by atoms with Crippen LogP contribution in [0.5, 0.6) is 0 Å². The molecule has 2 rings (SSSR count). The van der Waals surface area contributed by atoms with Crippen LogP contribution in [0.2, 0.25) is 0 Å². The molecule has 0 bridgehead atoms. The lowest BCUT2D eigenvalue weighted by atomic mass is 9.91. The van der Waals surface area contributed by atoms with Crippen molar-refractivity contribution in [3.8, 4) is 0 Å². The third-order valence-corrected chi connectivity index (χ3v) is 4.30. The average molecular weight is 398 g/mol. The summed E-state index contributed by atoms with van der Waals surface area (Å²) in [5, 5.41) is 0. The van der Waals surface area contributed by atoms with Gasteiger partial charge in [-0.05, 0) is 37.1 Å². The van der Waals surface area contributed by atoms with Crippen LogP contribution in [-0.2, 0) is 16.9 Å². The summed E-state index contributed by atoms with van der Waals surface area (Å²) in [5.41, 5.74) is 7.23. The maximum atomic E-state index is 12.9. The van der Waals surface area contributed by atoms with E-state index in [1.807, 2.05) is 61.5 Å². The molecule has 0 heterocycles. The highest BCUT2D eigenvalue weighted by atomic mass is 79.9. The number of halogens is 2. The summed E-state index contributed by atoms with van der Waals surface area (Å²) in [6.07, 6.45) is 0. The normalized spacial score (nSPS) is 12.9. The second-order valence-corrected chi connectivity index (χ2v) is 6.43. The van der Waals surface area contributed by atoms with Crippen molar-refractivity contribution >= 4 is 34.2 Å². The molecule has 0 aliphatic rings. The second kappa shape index (κ2) is 8.48. The van der Waals surface area contributed by atoms with E-state index in [1.165, 1.54) is 0 Å². The average Bonchev–Trinajstić information content (AvgIpc) is 2.53. The van der Waals surface area contributed by atoms with Gasteiger partial charge in [-0.1, -0.05) is 58.4 Å². The van der Waals surface area contributed by atoms with Crippen molar-refractivity contribution in [2.75, 3.05) is 6.54 Å². The number of rotatable bonds is 5. The number of amides is 1. The number of hydrogen-bond donors (Lipinski definition) is 1. The van der Waals surface area contributed by atoms with Crippen LogP contribution in [-0.4, -0.2) is 17.4 Å². The summed E-state index contributed by atoms with van der Waals surface area (Å²) >= 11 is 3.40. The Balaban J connectivity index is 0.00000264. The van der Waals surface area contributed by atoms with E-state index < -0.39 is 5.54 Å². The zero-order valence-electron chi connectivity index (χ0n) is 13.3. The molecule has 2 N–H and O–H groups in total. The minimum atomic E-state index is -1.04. The SMILES string of the molecule is CCN(Cc1ccccc1)C(=O)C(C)(N)c1ccc(Br)cc1.Cl. The highest BCUT2D eigenvalue weighted by Gasteiger charge is 2.33. The van der Waals surface area contributed by atoms with Gasteiger partial charge in [0.1, 0.15) is 5.54 Å². The molecule has 0 aliphatic carbocycles. The van der Waals surface area contributed by atoms with Crippen LogP contribution in [0, 0.1) is 0 Å². The number of hydrogen-bond acceptors (Lipinski definition) is 2. The van der Waals surface area contributed by atoms with Crippen molar-refractivity contribution in [1.29, 1.82) is 0 Å². The molecule has 23 heavy (non-hydrogen) atoms. The first-order valence-corrected chi connectivity index (χ1v) is 8.12. The number of carbonyl (C=O) groups excluding carboxylic acids is 1. The summed E-state index contributed by atoms with van der Waals surface area (Å²) in [5.74, 6) is -0.0684. The Morgan fingerprint density at radius 1 is 1.13 bits per heavy atom. The number of nitrogens with zero attached hydrogens (tertiary/aromatic N) is 1. The molecule has 0 fully saturated rings. The third-order valence-electron chi connectivity index (χ3n) is 3.77. The van der Waals surface area contributed by atoms with Gasteiger partial charge >= 0.3 is 0 Å². The van der Waals surface area contributed by atoms with Crippen molar-refractivity contribution < 1.29 is 4.79 Å². The van der Waals surface area contributed by atoms with Crippen LogP contribution in [0.4, 0.5) is 0 Å². The molecule has 1 unspecified atom stereocenters. The molecule has 5 heteroatoms. The van der Waals surface area contributed by atoms with Crippen LogP contribution >= 0.6 is 28.3 Å². The van der Waals surface area contributed by atoms with Gasteiger partial charge in [0.25, 0.3) is 0 Å². The van der Waals surface area contributed by atoms with Gasteiger partial charge in [0.15, 0.2) is 0 Å². The Bertz CT molecular complexity index is 629. The molecule has 0 aromatic heterocycles. The van der Waals surface area contributed by atoms with Gasteiger partial charge in [0.05, 0.1) is 0 Å². The Morgan fingerprint density at radius 3 is 2.22 bits per heavy atom. The summed E-state index contributed by atoms with van der Waals surface area (Å²) in [6, 6.07) is 17.5. The van der Waals surface area contributed by atoms with Crippen molar-refractivity contribution in [1.82, 2.24) is 4.90 Å². The van der Waals surface area contributed by atoms with Crippen LogP contribution in [0.3, 0.4) is 0 Å². The second-order valence-electron chi connectivity index (χ2n) is 5.51. The first kappa shape index (κ1) is 19.7. The van der Waals surface area contributed by atoms with Gasteiger partial charge in [0.2, 0.25) is 5.91 Å². The van der Waals surface area contributed by atoms with Gasteiger partial charge < -0.3 is 10.6 Å². The largest absolute Gasteiger partial charge is 0.337 e. The first-order chi connectivity index (χ1) is 10.4. The predicted molar refractivity (Wildman–Crippen MR) is 100 cm³/mol. The standard InChI is InChI=1S/C18H21BrN2O.ClH/c1-3-21(13-14-7-5-4-6-8-14)17(22)18(2,20)15-9-11-16(19)12-10-15;/h4-12H,3,13,20H2,1-2H3;1H. The molecule has 0 saturated heterocycles. The van der Waals surface area contributed by atoms with E-state index >= 15 is 0 Å². The van der Waals surface area contributed by atoms with E-state index in [0.29, 0.717) is 13.1 Å². The fourth-order valence-corrected chi connectivity index (χ4v) is 2.64.